The standard InChI is InChI=1S/C12H10Cl2N2O6S2/c13-7-3-9(15)11(23(17,18)19)1-5(7)6-2-12(24(20,21)22)10(16)4-8(6)14/h1-4H,15-16H2,(H,17,18,19)(H,20,21,22). The van der Waals surface area contributed by atoms with E-state index in [1.165, 1.54) is 0 Å². The molecule has 0 saturated heterocycles. The molecule has 0 aliphatic rings. The third-order valence-corrected chi connectivity index (χ3v) is 5.49. The fourth-order valence-corrected chi connectivity index (χ4v) is 3.79. The molecule has 0 saturated carbocycles. The number of hydrogen-bond donors (Lipinski definition) is 4. The monoisotopic (exact) mass is 412 g/mol. The molecule has 8 nitrogen and oxygen atoms in total. The van der Waals surface area contributed by atoms with Gasteiger partial charge in [0.15, 0.2) is 0 Å². The molecule has 0 heterocycles. The van der Waals surface area contributed by atoms with Gasteiger partial charge in [-0.05, 0) is 24.3 Å². The summed E-state index contributed by atoms with van der Waals surface area (Å²) in [7, 11) is -9.32. The minimum atomic E-state index is -4.66. The summed E-state index contributed by atoms with van der Waals surface area (Å²) in [5, 5.41) is -0.124. The third-order valence-electron chi connectivity index (χ3n) is 3.04. The smallest absolute Gasteiger partial charge is 0.296 e. The Morgan fingerprint density at radius 3 is 1.25 bits per heavy atom. The number of rotatable bonds is 3. The Labute approximate surface area is 147 Å². The predicted octanol–water partition coefficient (Wildman–Crippen LogP) is 2.32. The SMILES string of the molecule is Nc1cc(Cl)c(-c2cc(S(=O)(=O)O)c(N)cc2Cl)cc1S(=O)(=O)O. The molecule has 2 aromatic carbocycles. The van der Waals surface area contributed by atoms with Crippen molar-refractivity contribution < 1.29 is 25.9 Å². The molecule has 0 radical (unpaired) electrons. The van der Waals surface area contributed by atoms with Crippen molar-refractivity contribution in [3.05, 3.63) is 34.3 Å². The highest BCUT2D eigenvalue weighted by Crippen LogP contribution is 2.40. The van der Waals surface area contributed by atoms with E-state index in [2.05, 4.69) is 0 Å². The van der Waals surface area contributed by atoms with Crippen LogP contribution in [-0.2, 0) is 20.2 Å². The van der Waals surface area contributed by atoms with Crippen LogP contribution in [0, 0.1) is 0 Å². The number of nitrogen functional groups attached to an aromatic ring is 2. The van der Waals surface area contributed by atoms with Crippen LogP contribution in [0.1, 0.15) is 0 Å². The Balaban J connectivity index is 2.87. The molecule has 0 unspecified atom stereocenters. The minimum Gasteiger partial charge on any atom is -0.398 e. The number of nitrogens with two attached hydrogens (primary N) is 2. The maximum absolute atomic E-state index is 11.4. The van der Waals surface area contributed by atoms with Gasteiger partial charge in [-0.3, -0.25) is 9.11 Å². The van der Waals surface area contributed by atoms with Gasteiger partial charge in [0.2, 0.25) is 0 Å². The first-order chi connectivity index (χ1) is 10.8. The lowest BCUT2D eigenvalue weighted by Gasteiger charge is -2.13. The van der Waals surface area contributed by atoms with Gasteiger partial charge in [-0.1, -0.05) is 23.2 Å². The second-order valence-corrected chi connectivity index (χ2v) is 8.28. The van der Waals surface area contributed by atoms with E-state index in [0.717, 1.165) is 24.3 Å². The van der Waals surface area contributed by atoms with Crippen LogP contribution in [0.25, 0.3) is 11.1 Å². The van der Waals surface area contributed by atoms with Crippen LogP contribution < -0.4 is 11.5 Å². The number of hydrogen-bond acceptors (Lipinski definition) is 6. The van der Waals surface area contributed by atoms with E-state index in [1.54, 1.807) is 0 Å². The van der Waals surface area contributed by atoms with Gasteiger partial charge < -0.3 is 11.5 Å². The quantitative estimate of drug-likeness (QED) is 0.440. The van der Waals surface area contributed by atoms with Crippen molar-refractivity contribution in [2.45, 2.75) is 9.79 Å². The molecule has 130 valence electrons. The van der Waals surface area contributed by atoms with E-state index >= 15 is 0 Å². The molecule has 0 aromatic heterocycles. The fourth-order valence-electron chi connectivity index (χ4n) is 2.00. The molecule has 0 fully saturated rings. The Morgan fingerprint density at radius 2 is 1.00 bits per heavy atom. The van der Waals surface area contributed by atoms with E-state index in [-0.39, 0.29) is 32.5 Å². The second-order valence-electron chi connectivity index (χ2n) is 4.69. The van der Waals surface area contributed by atoms with Crippen LogP contribution in [0.3, 0.4) is 0 Å². The summed E-state index contributed by atoms with van der Waals surface area (Å²) in [6.45, 7) is 0. The lowest BCUT2D eigenvalue weighted by Crippen LogP contribution is -2.05. The van der Waals surface area contributed by atoms with Crippen molar-refractivity contribution in [2.75, 3.05) is 11.5 Å². The highest BCUT2D eigenvalue weighted by atomic mass is 35.5. The van der Waals surface area contributed by atoms with E-state index in [9.17, 15) is 25.9 Å². The average Bonchev–Trinajstić information content (AvgIpc) is 2.36. The van der Waals surface area contributed by atoms with Crippen molar-refractivity contribution in [3.8, 4) is 11.1 Å². The van der Waals surface area contributed by atoms with E-state index in [1.807, 2.05) is 0 Å². The summed E-state index contributed by atoms with van der Waals surface area (Å²) in [5.41, 5.74) is 10.3. The largest absolute Gasteiger partial charge is 0.398 e. The van der Waals surface area contributed by atoms with Gasteiger partial charge in [-0.2, -0.15) is 16.8 Å². The zero-order valence-corrected chi connectivity index (χ0v) is 14.7. The normalized spacial score (nSPS) is 12.3. The predicted molar refractivity (Wildman–Crippen MR) is 90.4 cm³/mol. The van der Waals surface area contributed by atoms with Crippen molar-refractivity contribution in [3.63, 3.8) is 0 Å². The summed E-state index contributed by atoms with van der Waals surface area (Å²) in [6.07, 6.45) is 0. The van der Waals surface area contributed by atoms with Crippen molar-refractivity contribution in [1.82, 2.24) is 0 Å². The van der Waals surface area contributed by atoms with Gasteiger partial charge >= 0.3 is 0 Å². The molecule has 24 heavy (non-hydrogen) atoms. The third kappa shape index (κ3) is 3.58. The molecular weight excluding hydrogens is 403 g/mol. The van der Waals surface area contributed by atoms with Crippen molar-refractivity contribution in [2.24, 2.45) is 0 Å². The van der Waals surface area contributed by atoms with Gasteiger partial charge in [0, 0.05) is 11.1 Å². The molecule has 0 atom stereocenters. The van der Waals surface area contributed by atoms with E-state index in [4.69, 9.17) is 34.7 Å². The zero-order valence-electron chi connectivity index (χ0n) is 11.6. The molecule has 0 aliphatic heterocycles. The van der Waals surface area contributed by atoms with Crippen LogP contribution in [-0.4, -0.2) is 25.9 Å². The lowest BCUT2D eigenvalue weighted by molar-refractivity contribution is 0.481. The van der Waals surface area contributed by atoms with Gasteiger partial charge in [-0.25, -0.2) is 0 Å². The summed E-state index contributed by atoms with van der Waals surface area (Å²) >= 11 is 12.0. The fraction of sp³-hybridized carbons (Fsp3) is 0. The van der Waals surface area contributed by atoms with Crippen LogP contribution in [0.4, 0.5) is 11.4 Å². The number of anilines is 2. The van der Waals surface area contributed by atoms with Gasteiger partial charge in [-0.15, -0.1) is 0 Å². The van der Waals surface area contributed by atoms with Crippen molar-refractivity contribution in [1.29, 1.82) is 0 Å². The average molecular weight is 413 g/mol. The Hall–Kier alpha value is -1.56. The first-order valence-corrected chi connectivity index (χ1v) is 9.59. The number of benzene rings is 2. The first kappa shape index (κ1) is 18.8. The molecule has 0 aliphatic carbocycles. The molecule has 0 bridgehead atoms. The molecular formula is C12H10Cl2N2O6S2. The van der Waals surface area contributed by atoms with Gasteiger partial charge in [0.1, 0.15) is 9.79 Å². The lowest BCUT2D eigenvalue weighted by atomic mass is 10.0. The molecule has 6 N–H and O–H groups in total. The topological polar surface area (TPSA) is 161 Å². The molecule has 0 amide bonds. The summed E-state index contributed by atoms with van der Waals surface area (Å²) in [6, 6.07) is 3.97. The van der Waals surface area contributed by atoms with E-state index < -0.39 is 30.0 Å². The maximum Gasteiger partial charge on any atom is 0.296 e. The van der Waals surface area contributed by atoms with Crippen LogP contribution in [0.5, 0.6) is 0 Å². The van der Waals surface area contributed by atoms with Gasteiger partial charge in [0.25, 0.3) is 20.2 Å². The zero-order chi connectivity index (χ0) is 18.4. The molecule has 0 spiro atoms. The Kier molecular flexibility index (Phi) is 4.74. The van der Waals surface area contributed by atoms with Crippen LogP contribution >= 0.6 is 23.2 Å². The Morgan fingerprint density at radius 1 is 0.708 bits per heavy atom. The Bertz CT molecular complexity index is 966. The summed E-state index contributed by atoms with van der Waals surface area (Å²) in [4.78, 5) is -1.27. The summed E-state index contributed by atoms with van der Waals surface area (Å²) in [5.74, 6) is 0. The number of halogens is 2. The first-order valence-electron chi connectivity index (χ1n) is 5.95. The molecule has 2 rings (SSSR count). The van der Waals surface area contributed by atoms with Crippen LogP contribution in [0.15, 0.2) is 34.1 Å². The highest BCUT2D eigenvalue weighted by molar-refractivity contribution is 7.86. The second kappa shape index (κ2) is 6.06. The minimum absolute atomic E-state index is 0.0339. The summed E-state index contributed by atoms with van der Waals surface area (Å²) < 4.78 is 63.8. The van der Waals surface area contributed by atoms with E-state index in [0.29, 0.717) is 0 Å². The van der Waals surface area contributed by atoms with Crippen LogP contribution in [0.2, 0.25) is 10.0 Å². The highest BCUT2D eigenvalue weighted by Gasteiger charge is 2.22. The molecule has 12 heteroatoms. The van der Waals surface area contributed by atoms with Crippen molar-refractivity contribution >= 4 is 54.8 Å². The van der Waals surface area contributed by atoms with Gasteiger partial charge in [0.05, 0.1) is 21.4 Å². The molecule has 2 aromatic rings. The maximum atomic E-state index is 11.4.